The van der Waals surface area contributed by atoms with E-state index in [1.54, 1.807) is 36.3 Å². The number of nitrogens with zero attached hydrogens (tertiary/aromatic N) is 2. The summed E-state index contributed by atoms with van der Waals surface area (Å²) in [6, 6.07) is 3.51. The summed E-state index contributed by atoms with van der Waals surface area (Å²) in [5.74, 6) is 3.77. The first-order valence-electron chi connectivity index (χ1n) is 9.55. The number of carbonyl (C=O) groups excluding carboxylic acids is 1. The number of hydrogen-bond donors (Lipinski definition) is 1. The summed E-state index contributed by atoms with van der Waals surface area (Å²) in [5.41, 5.74) is 0.739. The molecular formula is C21H25N3O5S2. The van der Waals surface area contributed by atoms with Crippen molar-refractivity contribution in [3.63, 3.8) is 0 Å². The number of amides is 1. The zero-order chi connectivity index (χ0) is 22.4. The van der Waals surface area contributed by atoms with Gasteiger partial charge in [0.25, 0.3) is 0 Å². The Morgan fingerprint density at radius 2 is 1.84 bits per heavy atom. The molecule has 10 heteroatoms. The summed E-state index contributed by atoms with van der Waals surface area (Å²) < 4.78 is 22.7. The molecule has 1 aromatic carbocycles. The first kappa shape index (κ1) is 23.0. The second kappa shape index (κ2) is 10.5. The molecule has 0 fully saturated rings. The second-order valence-corrected chi connectivity index (χ2v) is 9.15. The Hall–Kier alpha value is -2.72. The maximum Gasteiger partial charge on any atom is 0.230 e. The van der Waals surface area contributed by atoms with E-state index in [1.165, 1.54) is 32.7 Å². The van der Waals surface area contributed by atoms with E-state index in [2.05, 4.69) is 29.1 Å². The van der Waals surface area contributed by atoms with Crippen molar-refractivity contribution in [2.24, 2.45) is 0 Å². The lowest BCUT2D eigenvalue weighted by Crippen LogP contribution is -2.14. The summed E-state index contributed by atoms with van der Waals surface area (Å²) in [4.78, 5) is 21.1. The number of rotatable bonds is 10. The number of oxazole rings is 1. The van der Waals surface area contributed by atoms with Crippen LogP contribution in [0.5, 0.6) is 17.2 Å². The first-order valence-corrected chi connectivity index (χ1v) is 11.4. The SMILES string of the molecule is COc1cc(CC(=O)Nc2ncc(SCc3ncc(C(C)C)o3)s2)cc(OC)c1OC. The van der Waals surface area contributed by atoms with Gasteiger partial charge in [0.15, 0.2) is 16.6 Å². The van der Waals surface area contributed by atoms with Crippen LogP contribution in [0.4, 0.5) is 5.13 Å². The molecule has 2 heterocycles. The van der Waals surface area contributed by atoms with Gasteiger partial charge in [-0.15, -0.1) is 11.8 Å². The molecule has 31 heavy (non-hydrogen) atoms. The third-order valence-corrected chi connectivity index (χ3v) is 6.39. The van der Waals surface area contributed by atoms with Crippen molar-refractivity contribution in [1.82, 2.24) is 9.97 Å². The topological polar surface area (TPSA) is 95.7 Å². The van der Waals surface area contributed by atoms with Crippen LogP contribution in [0.2, 0.25) is 0 Å². The Balaban J connectivity index is 1.58. The lowest BCUT2D eigenvalue weighted by Gasteiger charge is -2.13. The van der Waals surface area contributed by atoms with Crippen LogP contribution in [0.25, 0.3) is 0 Å². The van der Waals surface area contributed by atoms with Crippen LogP contribution in [-0.2, 0) is 17.0 Å². The zero-order valence-corrected chi connectivity index (χ0v) is 19.7. The Labute approximate surface area is 189 Å². The van der Waals surface area contributed by atoms with Crippen molar-refractivity contribution in [3.05, 3.63) is 41.7 Å². The van der Waals surface area contributed by atoms with Gasteiger partial charge in [-0.05, 0) is 17.7 Å². The number of thioether (sulfide) groups is 1. The minimum atomic E-state index is -0.186. The number of hydrogen-bond acceptors (Lipinski definition) is 9. The third-order valence-electron chi connectivity index (χ3n) is 4.30. The maximum atomic E-state index is 12.5. The zero-order valence-electron chi connectivity index (χ0n) is 18.1. The molecular weight excluding hydrogens is 438 g/mol. The molecule has 0 spiro atoms. The molecule has 0 saturated heterocycles. The number of aromatic nitrogens is 2. The van der Waals surface area contributed by atoms with Gasteiger partial charge in [0.2, 0.25) is 17.5 Å². The molecule has 1 N–H and O–H groups in total. The van der Waals surface area contributed by atoms with E-state index in [-0.39, 0.29) is 12.3 Å². The summed E-state index contributed by atoms with van der Waals surface area (Å²) in [6.07, 6.45) is 3.64. The van der Waals surface area contributed by atoms with E-state index >= 15 is 0 Å². The highest BCUT2D eigenvalue weighted by Gasteiger charge is 2.16. The summed E-state index contributed by atoms with van der Waals surface area (Å²) in [5, 5.41) is 3.37. The fourth-order valence-electron chi connectivity index (χ4n) is 2.76. The van der Waals surface area contributed by atoms with Crippen molar-refractivity contribution in [1.29, 1.82) is 0 Å². The molecule has 0 aliphatic heterocycles. The fourth-order valence-corrected chi connectivity index (χ4v) is 4.50. The van der Waals surface area contributed by atoms with Crippen molar-refractivity contribution >= 4 is 34.1 Å². The molecule has 0 unspecified atom stereocenters. The van der Waals surface area contributed by atoms with Crippen LogP contribution >= 0.6 is 23.1 Å². The quantitative estimate of drug-likeness (QED) is 0.430. The number of ether oxygens (including phenoxy) is 3. The van der Waals surface area contributed by atoms with Crippen LogP contribution in [0.3, 0.4) is 0 Å². The Morgan fingerprint density at radius 1 is 1.13 bits per heavy atom. The molecule has 0 bridgehead atoms. The van der Waals surface area contributed by atoms with E-state index < -0.39 is 0 Å². The third kappa shape index (κ3) is 5.92. The largest absolute Gasteiger partial charge is 0.493 e. The molecule has 0 aliphatic rings. The van der Waals surface area contributed by atoms with Gasteiger partial charge in [-0.1, -0.05) is 25.2 Å². The van der Waals surface area contributed by atoms with Crippen LogP contribution in [0.1, 0.15) is 37.0 Å². The normalized spacial score (nSPS) is 10.9. The van der Waals surface area contributed by atoms with Gasteiger partial charge in [0.1, 0.15) is 5.76 Å². The number of benzene rings is 1. The molecule has 8 nitrogen and oxygen atoms in total. The summed E-state index contributed by atoms with van der Waals surface area (Å²) in [7, 11) is 4.62. The highest BCUT2D eigenvalue weighted by atomic mass is 32.2. The Kier molecular flexibility index (Phi) is 7.80. The fraction of sp³-hybridized carbons (Fsp3) is 0.381. The predicted octanol–water partition coefficient (Wildman–Crippen LogP) is 4.75. The minimum Gasteiger partial charge on any atom is -0.493 e. The van der Waals surface area contributed by atoms with E-state index in [0.717, 1.165) is 15.5 Å². The van der Waals surface area contributed by atoms with Gasteiger partial charge in [-0.3, -0.25) is 4.79 Å². The summed E-state index contributed by atoms with van der Waals surface area (Å²) >= 11 is 2.97. The smallest absolute Gasteiger partial charge is 0.230 e. The van der Waals surface area contributed by atoms with Gasteiger partial charge in [0, 0.05) is 5.92 Å². The number of nitrogens with one attached hydrogen (secondary N) is 1. The van der Waals surface area contributed by atoms with Crippen molar-refractivity contribution in [2.75, 3.05) is 26.6 Å². The van der Waals surface area contributed by atoms with E-state index in [1.807, 2.05) is 0 Å². The van der Waals surface area contributed by atoms with Crippen molar-refractivity contribution in [2.45, 2.75) is 36.1 Å². The number of thiazole rings is 1. The maximum absolute atomic E-state index is 12.5. The Bertz CT molecular complexity index is 1010. The molecule has 3 rings (SSSR count). The molecule has 0 atom stereocenters. The lowest BCUT2D eigenvalue weighted by molar-refractivity contribution is -0.115. The molecule has 3 aromatic rings. The average molecular weight is 464 g/mol. The number of anilines is 1. The molecule has 2 aromatic heterocycles. The van der Waals surface area contributed by atoms with Crippen LogP contribution in [0, 0.1) is 0 Å². The highest BCUT2D eigenvalue weighted by molar-refractivity contribution is 8.00. The average Bonchev–Trinajstić information content (AvgIpc) is 3.40. The Morgan fingerprint density at radius 3 is 2.42 bits per heavy atom. The standard InChI is InChI=1S/C21H25N3O5S2/c1-12(2)16-9-22-18(29-16)11-30-19-10-23-21(31-19)24-17(25)8-13-6-14(26-3)20(28-5)15(7-13)27-4/h6-7,9-10,12H,8,11H2,1-5H3,(H,23,24,25). The number of methoxy groups -OCH3 is 3. The van der Waals surface area contributed by atoms with Gasteiger partial charge < -0.3 is 23.9 Å². The molecule has 166 valence electrons. The lowest BCUT2D eigenvalue weighted by atomic mass is 10.1. The first-order chi connectivity index (χ1) is 14.9. The van der Waals surface area contributed by atoms with Crippen molar-refractivity contribution in [3.8, 4) is 17.2 Å². The predicted molar refractivity (Wildman–Crippen MR) is 121 cm³/mol. The summed E-state index contributed by atoms with van der Waals surface area (Å²) in [6.45, 7) is 4.13. The molecule has 0 saturated carbocycles. The molecule has 0 aliphatic carbocycles. The van der Waals surface area contributed by atoms with Gasteiger partial charge in [-0.25, -0.2) is 9.97 Å². The van der Waals surface area contributed by atoms with E-state index in [4.69, 9.17) is 18.6 Å². The second-order valence-electron chi connectivity index (χ2n) is 6.84. The van der Waals surface area contributed by atoms with Crippen LogP contribution in [-0.4, -0.2) is 37.2 Å². The van der Waals surface area contributed by atoms with E-state index in [0.29, 0.717) is 39.9 Å². The van der Waals surface area contributed by atoms with Gasteiger partial charge >= 0.3 is 0 Å². The van der Waals surface area contributed by atoms with Gasteiger partial charge in [0.05, 0.1) is 50.1 Å². The van der Waals surface area contributed by atoms with Crippen molar-refractivity contribution < 1.29 is 23.4 Å². The highest BCUT2D eigenvalue weighted by Crippen LogP contribution is 2.38. The van der Waals surface area contributed by atoms with Crippen LogP contribution in [0.15, 0.2) is 33.2 Å². The van der Waals surface area contributed by atoms with E-state index in [9.17, 15) is 4.79 Å². The molecule has 1 amide bonds. The minimum absolute atomic E-state index is 0.146. The van der Waals surface area contributed by atoms with Gasteiger partial charge in [-0.2, -0.15) is 0 Å². The monoisotopic (exact) mass is 463 g/mol. The number of carbonyl (C=O) groups is 1. The molecule has 0 radical (unpaired) electrons. The van der Waals surface area contributed by atoms with Crippen LogP contribution < -0.4 is 19.5 Å².